The van der Waals surface area contributed by atoms with Gasteiger partial charge in [0.25, 0.3) is 0 Å². The number of carboxylic acid groups (broad SMARTS) is 1. The van der Waals surface area contributed by atoms with Gasteiger partial charge in [-0.05, 0) is 54.2 Å². The number of aliphatic carboxylic acids is 1. The molecule has 6 rings (SSSR count). The number of hydrogen-bond acceptors (Lipinski definition) is 4. The van der Waals surface area contributed by atoms with Crippen molar-refractivity contribution in [1.29, 1.82) is 0 Å². The first-order valence-corrected chi connectivity index (χ1v) is 12.9. The Labute approximate surface area is 225 Å². The van der Waals surface area contributed by atoms with Crippen LogP contribution in [0, 0.1) is 0 Å². The molecule has 7 nitrogen and oxygen atoms in total. The maximum Gasteiger partial charge on any atom is 0.412 e. The van der Waals surface area contributed by atoms with E-state index in [1.807, 2.05) is 110 Å². The molecule has 1 amide bonds. The number of carboxylic acids is 1. The van der Waals surface area contributed by atoms with E-state index in [9.17, 15) is 14.7 Å². The number of fused-ring (bicyclic) bond motifs is 1. The van der Waals surface area contributed by atoms with Crippen LogP contribution in [-0.4, -0.2) is 26.8 Å². The van der Waals surface area contributed by atoms with Gasteiger partial charge in [-0.3, -0.25) is 10.1 Å². The Morgan fingerprint density at radius 3 is 2.13 bits per heavy atom. The molecule has 0 bridgehead atoms. The molecule has 0 unspecified atom stereocenters. The zero-order valence-electron chi connectivity index (χ0n) is 21.4. The number of aromatic nitrogens is 2. The first-order chi connectivity index (χ1) is 18.9. The van der Waals surface area contributed by atoms with Crippen LogP contribution in [0.25, 0.3) is 27.9 Å². The minimum Gasteiger partial charge on any atom is -0.481 e. The van der Waals surface area contributed by atoms with Crippen LogP contribution in [0.5, 0.6) is 0 Å². The van der Waals surface area contributed by atoms with Gasteiger partial charge in [0.1, 0.15) is 11.8 Å². The summed E-state index contributed by atoms with van der Waals surface area (Å²) in [6.45, 7) is 1.84. The molecule has 1 atom stereocenters. The second kappa shape index (κ2) is 9.76. The highest BCUT2D eigenvalue weighted by Gasteiger charge is 2.51. The van der Waals surface area contributed by atoms with Crippen molar-refractivity contribution in [2.45, 2.75) is 31.3 Å². The van der Waals surface area contributed by atoms with Crippen LogP contribution < -0.4 is 5.32 Å². The molecule has 3 aromatic carbocycles. The molecule has 5 aromatic rings. The molecule has 0 saturated heterocycles. The van der Waals surface area contributed by atoms with Crippen molar-refractivity contribution >= 4 is 23.3 Å². The second-order valence-corrected chi connectivity index (χ2v) is 9.88. The molecule has 0 aliphatic heterocycles. The van der Waals surface area contributed by atoms with Crippen LogP contribution >= 0.6 is 0 Å². The molecule has 0 radical (unpaired) electrons. The third kappa shape index (κ3) is 4.63. The Morgan fingerprint density at radius 1 is 0.872 bits per heavy atom. The van der Waals surface area contributed by atoms with Gasteiger partial charge < -0.3 is 9.84 Å². The number of pyridine rings is 1. The highest BCUT2D eigenvalue weighted by Crippen LogP contribution is 2.48. The third-order valence-electron chi connectivity index (χ3n) is 7.41. The Morgan fingerprint density at radius 2 is 1.49 bits per heavy atom. The van der Waals surface area contributed by atoms with Crippen molar-refractivity contribution < 1.29 is 19.4 Å². The van der Waals surface area contributed by atoms with Crippen LogP contribution in [0.15, 0.2) is 103 Å². The van der Waals surface area contributed by atoms with Gasteiger partial charge in [-0.1, -0.05) is 84.9 Å². The smallest absolute Gasteiger partial charge is 0.412 e. The van der Waals surface area contributed by atoms with Crippen molar-refractivity contribution in [1.82, 2.24) is 9.61 Å². The van der Waals surface area contributed by atoms with Crippen molar-refractivity contribution in [2.75, 3.05) is 5.32 Å². The van der Waals surface area contributed by atoms with Crippen LogP contribution in [0.3, 0.4) is 0 Å². The maximum absolute atomic E-state index is 12.9. The molecule has 1 fully saturated rings. The van der Waals surface area contributed by atoms with E-state index >= 15 is 0 Å². The summed E-state index contributed by atoms with van der Waals surface area (Å²) in [5.41, 5.74) is 5.84. The molecular formula is C32H27N3O4. The normalized spacial score (nSPS) is 14.5. The van der Waals surface area contributed by atoms with Crippen molar-refractivity contribution in [2.24, 2.45) is 0 Å². The summed E-state index contributed by atoms with van der Waals surface area (Å²) in [5.74, 6) is -0.755. The lowest BCUT2D eigenvalue weighted by atomic mass is 9.93. The molecule has 1 aliphatic rings. The van der Waals surface area contributed by atoms with E-state index in [4.69, 9.17) is 9.84 Å². The zero-order valence-corrected chi connectivity index (χ0v) is 21.4. The fourth-order valence-corrected chi connectivity index (χ4v) is 4.96. The molecule has 2 aromatic heterocycles. The number of nitrogens with zero attached hydrogens (tertiary/aromatic N) is 2. The molecule has 39 heavy (non-hydrogen) atoms. The van der Waals surface area contributed by atoms with E-state index in [0.29, 0.717) is 24.2 Å². The lowest BCUT2D eigenvalue weighted by Crippen LogP contribution is -2.19. The van der Waals surface area contributed by atoms with E-state index in [-0.39, 0.29) is 0 Å². The minimum absolute atomic E-state index is 0.410. The predicted molar refractivity (Wildman–Crippen MR) is 150 cm³/mol. The number of ether oxygens (including phenoxy) is 1. The summed E-state index contributed by atoms with van der Waals surface area (Å²) in [6.07, 6.45) is 2.24. The van der Waals surface area contributed by atoms with Gasteiger partial charge >= 0.3 is 12.1 Å². The van der Waals surface area contributed by atoms with E-state index in [1.165, 1.54) is 0 Å². The molecule has 1 saturated carbocycles. The van der Waals surface area contributed by atoms with Gasteiger partial charge in [0, 0.05) is 11.8 Å². The van der Waals surface area contributed by atoms with Gasteiger partial charge in [-0.2, -0.15) is 5.10 Å². The summed E-state index contributed by atoms with van der Waals surface area (Å²) in [6, 6.07) is 30.9. The fourth-order valence-electron chi connectivity index (χ4n) is 4.96. The second-order valence-electron chi connectivity index (χ2n) is 9.88. The van der Waals surface area contributed by atoms with Crippen molar-refractivity contribution in [3.63, 3.8) is 0 Å². The number of carbonyl (C=O) groups excluding carboxylic acids is 1. The number of anilines is 1. The predicted octanol–water partition coefficient (Wildman–Crippen LogP) is 7.09. The largest absolute Gasteiger partial charge is 0.481 e. The standard InChI is InChI=1S/C32H27N3O4/c1-21(22-7-3-2-4-8-22)39-31(38)33-29-27-9-5-6-20-35(27)34-28(29)25-12-10-23(11-13-25)24-14-16-26(17-15-24)32(18-19-32)30(36)37/h2-17,20-21H,18-19H2,1H3,(H,33,38)(H,36,37)/t21-/m1/s1. The van der Waals surface area contributed by atoms with Crippen LogP contribution in [0.2, 0.25) is 0 Å². The third-order valence-corrected chi connectivity index (χ3v) is 7.41. The number of hydrogen-bond donors (Lipinski definition) is 2. The topological polar surface area (TPSA) is 92.9 Å². The SMILES string of the molecule is C[C@@H](OC(=O)Nc1c(-c2ccc(-c3ccc(C4(C(=O)O)CC4)cc3)cc2)nn2ccccc12)c1ccccc1. The highest BCUT2D eigenvalue weighted by atomic mass is 16.6. The van der Waals surface area contributed by atoms with Gasteiger partial charge in [-0.15, -0.1) is 0 Å². The van der Waals surface area contributed by atoms with Crippen molar-refractivity contribution in [3.8, 4) is 22.4 Å². The van der Waals surface area contributed by atoms with Crippen molar-refractivity contribution in [3.05, 3.63) is 114 Å². The number of benzene rings is 3. The first-order valence-electron chi connectivity index (χ1n) is 12.9. The van der Waals surface area contributed by atoms with Crippen LogP contribution in [-0.2, 0) is 14.9 Å². The molecule has 0 spiro atoms. The molecule has 1 aliphatic carbocycles. The monoisotopic (exact) mass is 517 g/mol. The molecule has 194 valence electrons. The lowest BCUT2D eigenvalue weighted by molar-refractivity contribution is -0.140. The lowest BCUT2D eigenvalue weighted by Gasteiger charge is -2.14. The number of amides is 1. The quantitative estimate of drug-likeness (QED) is 0.240. The Bertz CT molecular complexity index is 1650. The average Bonchev–Trinajstić information content (AvgIpc) is 3.71. The van der Waals surface area contributed by atoms with E-state index in [1.54, 1.807) is 4.52 Å². The molecule has 7 heteroatoms. The number of carbonyl (C=O) groups is 2. The Kier molecular flexibility index (Phi) is 6.11. The average molecular weight is 518 g/mol. The first kappa shape index (κ1) is 24.4. The maximum atomic E-state index is 12.9. The van der Waals surface area contributed by atoms with Crippen LogP contribution in [0.4, 0.5) is 10.5 Å². The molecular weight excluding hydrogens is 490 g/mol. The Balaban J connectivity index is 1.25. The van der Waals surface area contributed by atoms with E-state index in [0.717, 1.165) is 33.3 Å². The van der Waals surface area contributed by atoms with Gasteiger partial charge in [0.05, 0.1) is 16.6 Å². The summed E-state index contributed by atoms with van der Waals surface area (Å²) >= 11 is 0. The summed E-state index contributed by atoms with van der Waals surface area (Å²) in [4.78, 5) is 24.5. The highest BCUT2D eigenvalue weighted by molar-refractivity contribution is 5.98. The fraction of sp³-hybridized carbons (Fsp3) is 0.156. The van der Waals surface area contributed by atoms with Crippen LogP contribution in [0.1, 0.15) is 37.0 Å². The summed E-state index contributed by atoms with van der Waals surface area (Å²) < 4.78 is 7.39. The van der Waals surface area contributed by atoms with E-state index in [2.05, 4.69) is 5.32 Å². The summed E-state index contributed by atoms with van der Waals surface area (Å²) in [5, 5.41) is 17.2. The van der Waals surface area contributed by atoms with Gasteiger partial charge in [-0.25, -0.2) is 9.31 Å². The zero-order chi connectivity index (χ0) is 27.0. The molecule has 2 N–H and O–H groups in total. The van der Waals surface area contributed by atoms with Gasteiger partial charge in [0.15, 0.2) is 0 Å². The number of nitrogens with one attached hydrogen (secondary N) is 1. The summed E-state index contributed by atoms with van der Waals surface area (Å²) in [7, 11) is 0. The van der Waals surface area contributed by atoms with Gasteiger partial charge in [0.2, 0.25) is 0 Å². The Hall–Kier alpha value is -4.91. The molecule has 2 heterocycles. The minimum atomic E-state index is -0.755. The number of rotatable bonds is 7. The van der Waals surface area contributed by atoms with E-state index < -0.39 is 23.6 Å².